The van der Waals surface area contributed by atoms with Crippen molar-refractivity contribution in [1.82, 2.24) is 0 Å². The van der Waals surface area contributed by atoms with E-state index in [1.54, 1.807) is 0 Å². The highest BCUT2D eigenvalue weighted by atomic mass is 79.9. The van der Waals surface area contributed by atoms with Gasteiger partial charge in [-0.1, -0.05) is 36.4 Å². The van der Waals surface area contributed by atoms with Crippen molar-refractivity contribution in [1.29, 1.82) is 0 Å². The molecule has 3 heteroatoms. The second kappa shape index (κ2) is 6.57. The lowest BCUT2D eigenvalue weighted by molar-refractivity contribution is 0.320. The van der Waals surface area contributed by atoms with Gasteiger partial charge >= 0.3 is 0 Å². The molecule has 0 saturated heterocycles. The van der Waals surface area contributed by atoms with Crippen molar-refractivity contribution in [2.45, 2.75) is 13.0 Å². The highest BCUT2D eigenvalue weighted by molar-refractivity contribution is 9.10. The molecule has 0 saturated carbocycles. The molecular formula is C15H16BrNO. The summed E-state index contributed by atoms with van der Waals surface area (Å²) in [5.74, 6) is 0.864. The van der Waals surface area contributed by atoms with Crippen LogP contribution < -0.4 is 10.5 Å². The third-order valence-corrected chi connectivity index (χ3v) is 3.34. The zero-order valence-electron chi connectivity index (χ0n) is 10.1. The lowest BCUT2D eigenvalue weighted by Gasteiger charge is -2.09. The molecule has 0 unspecified atom stereocenters. The van der Waals surface area contributed by atoms with Gasteiger partial charge < -0.3 is 10.5 Å². The van der Waals surface area contributed by atoms with Gasteiger partial charge in [0.15, 0.2) is 0 Å². The number of hydrogen-bond donors (Lipinski definition) is 1. The van der Waals surface area contributed by atoms with Crippen LogP contribution in [0.4, 0.5) is 0 Å². The number of benzene rings is 2. The smallest absolute Gasteiger partial charge is 0.133 e. The Kier molecular flexibility index (Phi) is 4.79. The van der Waals surface area contributed by atoms with Crippen LogP contribution in [0.1, 0.15) is 11.1 Å². The molecule has 2 rings (SSSR count). The normalized spacial score (nSPS) is 10.3. The fourth-order valence-electron chi connectivity index (χ4n) is 1.71. The maximum absolute atomic E-state index is 5.75. The van der Waals surface area contributed by atoms with E-state index in [4.69, 9.17) is 10.5 Å². The van der Waals surface area contributed by atoms with Crippen molar-refractivity contribution in [3.8, 4) is 5.75 Å². The van der Waals surface area contributed by atoms with E-state index in [9.17, 15) is 0 Å². The van der Waals surface area contributed by atoms with Crippen molar-refractivity contribution in [2.24, 2.45) is 5.73 Å². The zero-order chi connectivity index (χ0) is 12.8. The molecule has 0 heterocycles. The van der Waals surface area contributed by atoms with Gasteiger partial charge in [0.1, 0.15) is 5.75 Å². The van der Waals surface area contributed by atoms with E-state index in [1.165, 1.54) is 5.56 Å². The van der Waals surface area contributed by atoms with Crippen LogP contribution in [-0.4, -0.2) is 6.61 Å². The second-order valence-corrected chi connectivity index (χ2v) is 4.91. The maximum atomic E-state index is 5.75. The molecule has 0 aliphatic carbocycles. The van der Waals surface area contributed by atoms with Crippen LogP contribution in [-0.2, 0) is 13.0 Å². The summed E-state index contributed by atoms with van der Waals surface area (Å²) in [6.45, 7) is 1.22. The Labute approximate surface area is 116 Å². The summed E-state index contributed by atoms with van der Waals surface area (Å²) in [7, 11) is 0. The van der Waals surface area contributed by atoms with Crippen LogP contribution in [0.15, 0.2) is 53.0 Å². The second-order valence-electron chi connectivity index (χ2n) is 4.05. The van der Waals surface area contributed by atoms with Crippen LogP contribution in [0.3, 0.4) is 0 Å². The molecule has 0 bridgehead atoms. The molecule has 0 aromatic heterocycles. The van der Waals surface area contributed by atoms with E-state index in [0.29, 0.717) is 13.2 Å². The molecule has 0 spiro atoms. The minimum absolute atomic E-state index is 0.545. The molecule has 0 atom stereocenters. The number of rotatable bonds is 5. The minimum atomic E-state index is 0.545. The average molecular weight is 306 g/mol. The van der Waals surface area contributed by atoms with Gasteiger partial charge in [-0.2, -0.15) is 0 Å². The summed E-state index contributed by atoms with van der Waals surface area (Å²) in [6.07, 6.45) is 0.909. The molecule has 0 amide bonds. The highest BCUT2D eigenvalue weighted by Gasteiger charge is 2.02. The fourth-order valence-corrected chi connectivity index (χ4v) is 2.25. The summed E-state index contributed by atoms with van der Waals surface area (Å²) < 4.78 is 6.71. The standard InChI is InChI=1S/C15H16BrNO/c16-14-10-13(11-17)6-7-15(14)18-9-8-12-4-2-1-3-5-12/h1-7,10H,8-9,11,17H2. The molecular weight excluding hydrogens is 290 g/mol. The monoisotopic (exact) mass is 305 g/mol. The molecule has 0 radical (unpaired) electrons. The molecule has 2 N–H and O–H groups in total. The van der Waals surface area contributed by atoms with Crippen molar-refractivity contribution in [2.75, 3.05) is 6.61 Å². The van der Waals surface area contributed by atoms with Crippen LogP contribution in [0.25, 0.3) is 0 Å². The zero-order valence-corrected chi connectivity index (χ0v) is 11.7. The first kappa shape index (κ1) is 13.1. The van der Waals surface area contributed by atoms with Crippen LogP contribution in [0.5, 0.6) is 5.75 Å². The third-order valence-electron chi connectivity index (χ3n) is 2.72. The van der Waals surface area contributed by atoms with Crippen molar-refractivity contribution < 1.29 is 4.74 Å². The van der Waals surface area contributed by atoms with E-state index < -0.39 is 0 Å². The molecule has 2 aromatic carbocycles. The Morgan fingerprint density at radius 3 is 2.44 bits per heavy atom. The van der Waals surface area contributed by atoms with Crippen molar-refractivity contribution in [3.05, 3.63) is 64.1 Å². The van der Waals surface area contributed by atoms with Crippen LogP contribution in [0.2, 0.25) is 0 Å². The average Bonchev–Trinajstić information content (AvgIpc) is 2.42. The molecule has 0 aliphatic heterocycles. The quantitative estimate of drug-likeness (QED) is 0.917. The van der Waals surface area contributed by atoms with Crippen LogP contribution >= 0.6 is 15.9 Å². The van der Waals surface area contributed by atoms with Gasteiger partial charge in [0.25, 0.3) is 0 Å². The van der Waals surface area contributed by atoms with Gasteiger partial charge in [0.05, 0.1) is 11.1 Å². The van der Waals surface area contributed by atoms with Gasteiger partial charge in [0.2, 0.25) is 0 Å². The summed E-state index contributed by atoms with van der Waals surface area (Å²) in [4.78, 5) is 0. The number of halogens is 1. The predicted molar refractivity (Wildman–Crippen MR) is 77.7 cm³/mol. The number of nitrogens with two attached hydrogens (primary N) is 1. The Hall–Kier alpha value is -1.32. The summed E-state index contributed by atoms with van der Waals surface area (Å²) in [5.41, 5.74) is 7.96. The number of ether oxygens (including phenoxy) is 1. The van der Waals surface area contributed by atoms with E-state index in [1.807, 2.05) is 36.4 Å². The molecule has 0 aliphatic rings. The SMILES string of the molecule is NCc1ccc(OCCc2ccccc2)c(Br)c1. The largest absolute Gasteiger partial charge is 0.492 e. The van der Waals surface area contributed by atoms with E-state index in [-0.39, 0.29) is 0 Å². The molecule has 2 nitrogen and oxygen atoms in total. The lowest BCUT2D eigenvalue weighted by atomic mass is 10.2. The molecule has 2 aromatic rings. The Morgan fingerprint density at radius 1 is 1.00 bits per heavy atom. The molecule has 0 fully saturated rings. The van der Waals surface area contributed by atoms with Gasteiger partial charge in [-0.25, -0.2) is 0 Å². The lowest BCUT2D eigenvalue weighted by Crippen LogP contribution is -2.02. The Bertz CT molecular complexity index is 499. The predicted octanol–water partition coefficient (Wildman–Crippen LogP) is 3.53. The Balaban J connectivity index is 1.91. The summed E-state index contributed by atoms with van der Waals surface area (Å²) >= 11 is 3.49. The maximum Gasteiger partial charge on any atom is 0.133 e. The third kappa shape index (κ3) is 3.59. The minimum Gasteiger partial charge on any atom is -0.492 e. The number of hydrogen-bond acceptors (Lipinski definition) is 2. The molecule has 94 valence electrons. The van der Waals surface area contributed by atoms with E-state index in [0.717, 1.165) is 22.2 Å². The first-order chi connectivity index (χ1) is 8.79. The van der Waals surface area contributed by atoms with Gasteiger partial charge in [-0.15, -0.1) is 0 Å². The van der Waals surface area contributed by atoms with Crippen molar-refractivity contribution in [3.63, 3.8) is 0 Å². The van der Waals surface area contributed by atoms with Gasteiger partial charge in [-0.3, -0.25) is 0 Å². The van der Waals surface area contributed by atoms with Crippen LogP contribution in [0, 0.1) is 0 Å². The molecule has 18 heavy (non-hydrogen) atoms. The fraction of sp³-hybridized carbons (Fsp3) is 0.200. The first-order valence-electron chi connectivity index (χ1n) is 5.95. The topological polar surface area (TPSA) is 35.2 Å². The van der Waals surface area contributed by atoms with Gasteiger partial charge in [0, 0.05) is 13.0 Å². The van der Waals surface area contributed by atoms with E-state index >= 15 is 0 Å². The summed E-state index contributed by atoms with van der Waals surface area (Å²) in [5, 5.41) is 0. The Morgan fingerprint density at radius 2 is 1.78 bits per heavy atom. The van der Waals surface area contributed by atoms with Crippen molar-refractivity contribution >= 4 is 15.9 Å². The first-order valence-corrected chi connectivity index (χ1v) is 6.74. The van der Waals surface area contributed by atoms with Gasteiger partial charge in [-0.05, 0) is 39.2 Å². The summed E-state index contributed by atoms with van der Waals surface area (Å²) in [6, 6.07) is 16.3. The van der Waals surface area contributed by atoms with E-state index in [2.05, 4.69) is 28.1 Å². The highest BCUT2D eigenvalue weighted by Crippen LogP contribution is 2.26.